The van der Waals surface area contributed by atoms with E-state index in [2.05, 4.69) is 9.97 Å². The number of nitrogens with one attached hydrogen (secondary N) is 1. The van der Waals surface area contributed by atoms with Crippen molar-refractivity contribution in [1.29, 1.82) is 0 Å². The molecule has 0 unspecified atom stereocenters. The summed E-state index contributed by atoms with van der Waals surface area (Å²) >= 11 is 0. The van der Waals surface area contributed by atoms with Gasteiger partial charge in [0.25, 0.3) is 0 Å². The van der Waals surface area contributed by atoms with Crippen molar-refractivity contribution in [3.63, 3.8) is 0 Å². The minimum atomic E-state index is -0.363. The first-order chi connectivity index (χ1) is 15.0. The van der Waals surface area contributed by atoms with Gasteiger partial charge in [-0.25, -0.2) is 4.79 Å². The third kappa shape index (κ3) is 4.56. The van der Waals surface area contributed by atoms with Crippen molar-refractivity contribution < 1.29 is 14.3 Å². The molecule has 2 aromatic heterocycles. The van der Waals surface area contributed by atoms with Crippen LogP contribution in [0.3, 0.4) is 0 Å². The molecule has 5 nitrogen and oxygen atoms in total. The molecule has 2 heterocycles. The molecule has 0 aliphatic heterocycles. The van der Waals surface area contributed by atoms with Gasteiger partial charge in [0.15, 0.2) is 5.78 Å². The molecule has 0 atom stereocenters. The lowest BCUT2D eigenvalue weighted by molar-refractivity contribution is 0.0520. The lowest BCUT2D eigenvalue weighted by Crippen LogP contribution is -2.04. The zero-order chi connectivity index (χ0) is 21.8. The van der Waals surface area contributed by atoms with Gasteiger partial charge in [0.1, 0.15) is 5.69 Å². The number of rotatable bonds is 7. The van der Waals surface area contributed by atoms with Gasteiger partial charge >= 0.3 is 5.97 Å². The van der Waals surface area contributed by atoms with Crippen molar-refractivity contribution in [2.75, 3.05) is 6.61 Å². The molecule has 0 saturated carbocycles. The number of ketones is 1. The van der Waals surface area contributed by atoms with Crippen LogP contribution in [0.15, 0.2) is 67.0 Å². The fourth-order valence-corrected chi connectivity index (χ4v) is 3.68. The number of hydrogen-bond donors (Lipinski definition) is 1. The van der Waals surface area contributed by atoms with Crippen molar-refractivity contribution in [3.05, 3.63) is 89.4 Å². The molecule has 0 saturated heterocycles. The van der Waals surface area contributed by atoms with E-state index in [1.165, 1.54) is 0 Å². The molecular formula is C26H24N2O3. The van der Waals surface area contributed by atoms with Crippen molar-refractivity contribution in [2.45, 2.75) is 26.7 Å². The molecule has 4 rings (SSSR count). The molecule has 5 heteroatoms. The van der Waals surface area contributed by atoms with Crippen molar-refractivity contribution in [2.24, 2.45) is 0 Å². The van der Waals surface area contributed by atoms with Crippen molar-refractivity contribution in [3.8, 4) is 11.1 Å². The summed E-state index contributed by atoms with van der Waals surface area (Å²) in [4.78, 5) is 31.9. The highest BCUT2D eigenvalue weighted by molar-refractivity contribution is 5.99. The van der Waals surface area contributed by atoms with Crippen LogP contribution in [0.2, 0.25) is 0 Å². The van der Waals surface area contributed by atoms with E-state index in [-0.39, 0.29) is 11.8 Å². The van der Waals surface area contributed by atoms with Crippen LogP contribution < -0.4 is 0 Å². The minimum absolute atomic E-state index is 0.116. The number of aromatic amines is 1. The number of ether oxygens (including phenoxy) is 1. The Balaban J connectivity index is 1.59. The van der Waals surface area contributed by atoms with Gasteiger partial charge in [-0.05, 0) is 78.9 Å². The first kappa shape index (κ1) is 20.5. The summed E-state index contributed by atoms with van der Waals surface area (Å²) < 4.78 is 5.08. The number of carbonyl (C=O) groups is 2. The maximum atomic E-state index is 12.8. The lowest BCUT2D eigenvalue weighted by Gasteiger charge is -2.09. The second kappa shape index (κ2) is 8.96. The van der Waals surface area contributed by atoms with Gasteiger partial charge in [-0.2, -0.15) is 0 Å². The maximum Gasteiger partial charge on any atom is 0.354 e. The smallest absolute Gasteiger partial charge is 0.354 e. The Hall–Kier alpha value is -3.73. The SMILES string of the molecule is CCOC(=O)c1cc2cc(-c3cc(C(=O)CCc4ccncc4)ccc3C)ccc2[nH]1. The molecule has 4 aromatic rings. The molecule has 156 valence electrons. The lowest BCUT2D eigenvalue weighted by atomic mass is 9.94. The van der Waals surface area contributed by atoms with Gasteiger partial charge in [-0.3, -0.25) is 9.78 Å². The van der Waals surface area contributed by atoms with Crippen LogP contribution >= 0.6 is 0 Å². The second-order valence-corrected chi connectivity index (χ2v) is 7.51. The molecule has 0 spiro atoms. The van der Waals surface area contributed by atoms with Gasteiger partial charge in [-0.15, -0.1) is 0 Å². The monoisotopic (exact) mass is 412 g/mol. The van der Waals surface area contributed by atoms with Crippen LogP contribution in [0.4, 0.5) is 0 Å². The Bertz CT molecular complexity index is 1240. The summed E-state index contributed by atoms with van der Waals surface area (Å²) in [6.07, 6.45) is 4.63. The van der Waals surface area contributed by atoms with Crippen molar-refractivity contribution in [1.82, 2.24) is 9.97 Å². The van der Waals surface area contributed by atoms with Gasteiger partial charge in [-0.1, -0.05) is 18.2 Å². The Labute approximate surface area is 181 Å². The normalized spacial score (nSPS) is 10.9. The van der Waals surface area contributed by atoms with Gasteiger partial charge in [0, 0.05) is 35.3 Å². The maximum absolute atomic E-state index is 12.8. The fourth-order valence-electron chi connectivity index (χ4n) is 3.68. The number of Topliss-reactive ketones (excluding diaryl/α,β-unsaturated/α-hetero) is 1. The van der Waals surface area contributed by atoms with Crippen LogP contribution in [0.25, 0.3) is 22.0 Å². The van der Waals surface area contributed by atoms with Crippen LogP contribution in [-0.4, -0.2) is 28.3 Å². The highest BCUT2D eigenvalue weighted by Crippen LogP contribution is 2.29. The number of pyridine rings is 1. The van der Waals surface area contributed by atoms with E-state index in [0.29, 0.717) is 30.7 Å². The second-order valence-electron chi connectivity index (χ2n) is 7.51. The molecule has 0 aliphatic carbocycles. The number of aryl methyl sites for hydroxylation is 2. The predicted octanol–water partition coefficient (Wildman–Crippen LogP) is 5.53. The van der Waals surface area contributed by atoms with E-state index in [1.54, 1.807) is 25.4 Å². The molecule has 2 aromatic carbocycles. The van der Waals surface area contributed by atoms with Gasteiger partial charge < -0.3 is 9.72 Å². The molecule has 0 amide bonds. The molecule has 0 aliphatic rings. The van der Waals surface area contributed by atoms with Crippen LogP contribution in [0.1, 0.15) is 45.3 Å². The quantitative estimate of drug-likeness (QED) is 0.320. The third-order valence-corrected chi connectivity index (χ3v) is 5.38. The largest absolute Gasteiger partial charge is 0.461 e. The van der Waals surface area contributed by atoms with E-state index >= 15 is 0 Å². The molecule has 31 heavy (non-hydrogen) atoms. The van der Waals surface area contributed by atoms with E-state index < -0.39 is 0 Å². The number of esters is 1. The number of fused-ring (bicyclic) bond motifs is 1. The van der Waals surface area contributed by atoms with Gasteiger partial charge in [0.05, 0.1) is 6.61 Å². The number of carbonyl (C=O) groups excluding carboxylic acids is 2. The Morgan fingerprint density at radius 3 is 2.58 bits per heavy atom. The van der Waals surface area contributed by atoms with Crippen LogP contribution in [0, 0.1) is 6.92 Å². The summed E-state index contributed by atoms with van der Waals surface area (Å²) in [5, 5.41) is 0.925. The average Bonchev–Trinajstić information content (AvgIpc) is 3.22. The highest BCUT2D eigenvalue weighted by atomic mass is 16.5. The summed E-state index contributed by atoms with van der Waals surface area (Å²) in [6.45, 7) is 4.15. The van der Waals surface area contributed by atoms with E-state index in [1.807, 2.05) is 55.5 Å². The topological polar surface area (TPSA) is 72.1 Å². The van der Waals surface area contributed by atoms with Crippen molar-refractivity contribution >= 4 is 22.7 Å². The number of hydrogen-bond acceptors (Lipinski definition) is 4. The zero-order valence-electron chi connectivity index (χ0n) is 17.6. The van der Waals surface area contributed by atoms with Gasteiger partial charge in [0.2, 0.25) is 0 Å². The fraction of sp³-hybridized carbons (Fsp3) is 0.192. The predicted molar refractivity (Wildman–Crippen MR) is 121 cm³/mol. The first-order valence-electron chi connectivity index (χ1n) is 10.4. The highest BCUT2D eigenvalue weighted by Gasteiger charge is 2.13. The van der Waals surface area contributed by atoms with E-state index in [9.17, 15) is 9.59 Å². The Kier molecular flexibility index (Phi) is 5.94. The van der Waals surface area contributed by atoms with Crippen LogP contribution in [0.5, 0.6) is 0 Å². The summed E-state index contributed by atoms with van der Waals surface area (Å²) in [5.74, 6) is -0.247. The third-order valence-electron chi connectivity index (χ3n) is 5.38. The number of H-pyrrole nitrogens is 1. The Morgan fingerprint density at radius 1 is 1.00 bits per heavy atom. The summed E-state index contributed by atoms with van der Waals surface area (Å²) in [7, 11) is 0. The van der Waals surface area contributed by atoms with Crippen LogP contribution in [-0.2, 0) is 11.2 Å². The molecule has 0 fully saturated rings. The molecular weight excluding hydrogens is 388 g/mol. The standard InChI is InChI=1S/C26H24N2O3/c1-3-31-26(30)24-16-21-14-19(7-8-23(21)28-24)22-15-20(6-4-17(22)2)25(29)9-5-18-10-12-27-13-11-18/h4,6-8,10-16,28H,3,5,9H2,1-2H3. The average molecular weight is 412 g/mol. The number of aromatic nitrogens is 2. The first-order valence-corrected chi connectivity index (χ1v) is 10.4. The molecule has 0 bridgehead atoms. The number of benzene rings is 2. The van der Waals surface area contributed by atoms with E-state index in [4.69, 9.17) is 4.74 Å². The summed E-state index contributed by atoms with van der Waals surface area (Å²) in [6, 6.07) is 17.5. The molecule has 0 radical (unpaired) electrons. The number of nitrogens with zero attached hydrogens (tertiary/aromatic N) is 1. The van der Waals surface area contributed by atoms with E-state index in [0.717, 1.165) is 33.2 Å². The summed E-state index contributed by atoms with van der Waals surface area (Å²) in [5.41, 5.74) is 6.21. The molecule has 1 N–H and O–H groups in total. The zero-order valence-corrected chi connectivity index (χ0v) is 17.6. The Morgan fingerprint density at radius 2 is 1.81 bits per heavy atom. The minimum Gasteiger partial charge on any atom is -0.461 e.